The van der Waals surface area contributed by atoms with Crippen LogP contribution in [0.2, 0.25) is 0 Å². The van der Waals surface area contributed by atoms with Crippen LogP contribution in [-0.4, -0.2) is 77.2 Å². The monoisotopic (exact) mass is 1450 g/mol. The van der Waals surface area contributed by atoms with Crippen LogP contribution in [0, 0.1) is 27.7 Å². The summed E-state index contributed by atoms with van der Waals surface area (Å²) in [5.74, 6) is 2.65. The molecule has 93 heavy (non-hydrogen) atoms. The van der Waals surface area contributed by atoms with Crippen molar-refractivity contribution in [1.29, 1.82) is 0 Å². The van der Waals surface area contributed by atoms with Crippen molar-refractivity contribution in [1.82, 2.24) is 0 Å². The predicted octanol–water partition coefficient (Wildman–Crippen LogP) is 7.59. The predicted molar refractivity (Wildman–Crippen MR) is 375 cm³/mol. The molecule has 0 aliphatic carbocycles. The van der Waals surface area contributed by atoms with Gasteiger partial charge in [0.15, 0.2) is 0 Å². The Bertz CT molecular complexity index is 3400. The second-order valence-corrected chi connectivity index (χ2v) is 27.0. The van der Waals surface area contributed by atoms with Crippen molar-refractivity contribution in [3.63, 3.8) is 0 Å². The molecule has 3 fully saturated rings. The van der Waals surface area contributed by atoms with Crippen molar-refractivity contribution in [2.24, 2.45) is 0 Å². The van der Waals surface area contributed by atoms with Crippen molar-refractivity contribution in [3.8, 4) is 23.0 Å². The summed E-state index contributed by atoms with van der Waals surface area (Å²) in [6.07, 6.45) is 0. The minimum atomic E-state index is -1.43. The number of aromatic hydroxyl groups is 1. The number of benzene rings is 8. The summed E-state index contributed by atoms with van der Waals surface area (Å²) in [6, 6.07) is 62.8. The zero-order valence-corrected chi connectivity index (χ0v) is 65.3. The molecule has 12 nitrogen and oxygen atoms in total. The molecular weight excluding hydrogens is 1360 g/mol. The van der Waals surface area contributed by atoms with Gasteiger partial charge in [0.1, 0.15) is 42.8 Å². The van der Waals surface area contributed by atoms with Crippen molar-refractivity contribution >= 4 is 66.3 Å². The normalized spacial score (nSPS) is 16.4. The number of rotatable bonds is 14. The standard InChI is InChI=1S/2C20H25BO3.C14H15BO3.C12H17BO3.C8H9Br.Cs.FH/c2*1-15-7-6-8-16(13-15)14-22-18-11-9-17(10-12-18)21-23-19(2,3)20(4,5)24-21;1-11-3-2-4-12(9-11)10-18-14-7-5-13(6-8-14)15(16)17;1-11(2)12(3,4)16-13(15-11)9-5-7-10(14)8-6-9;1-7-3-2-4-8(5-7)6-9;;/h2*6-13H,14H2,1-5H3;2-9,16-17H,10H2,1H3;5-8,14H,1-4H3;2-5H,6H2,1H3;;1H/q;;;;;+1;/p-1. The molecule has 0 aromatic heterocycles. The van der Waals surface area contributed by atoms with E-state index in [4.69, 9.17) is 52.2 Å². The second kappa shape index (κ2) is 35.0. The number of ether oxygens (including phenoxy) is 3. The Morgan fingerprint density at radius 1 is 0.366 bits per heavy atom. The zero-order valence-electron chi connectivity index (χ0n) is 57.4. The second-order valence-electron chi connectivity index (χ2n) is 26.4. The Hall–Kier alpha value is -4.64. The summed E-state index contributed by atoms with van der Waals surface area (Å²) in [5.41, 5.74) is 11.3. The van der Waals surface area contributed by atoms with Crippen LogP contribution < -0.4 is 110 Å². The summed E-state index contributed by atoms with van der Waals surface area (Å²) < 4.78 is 53.4. The number of aryl methyl sites for hydroxylation is 4. The van der Waals surface area contributed by atoms with Gasteiger partial charge in [0.2, 0.25) is 0 Å². The van der Waals surface area contributed by atoms with Gasteiger partial charge in [-0.15, -0.1) is 0 Å². The van der Waals surface area contributed by atoms with E-state index in [1.807, 2.05) is 113 Å². The molecule has 0 saturated carbocycles. The fourth-order valence-electron chi connectivity index (χ4n) is 9.45. The average molecular weight is 1450 g/mol. The van der Waals surface area contributed by atoms with E-state index in [0.717, 1.165) is 38.8 Å². The molecule has 3 aliphatic rings. The van der Waals surface area contributed by atoms with Gasteiger partial charge in [0.25, 0.3) is 0 Å². The van der Waals surface area contributed by atoms with Gasteiger partial charge in [0, 0.05) is 5.33 Å². The molecule has 0 amide bonds. The summed E-state index contributed by atoms with van der Waals surface area (Å²) >= 11 is 3.39. The minimum absolute atomic E-state index is 0. The zero-order chi connectivity index (χ0) is 66.4. The van der Waals surface area contributed by atoms with E-state index < -0.39 is 7.12 Å². The third-order valence-corrected chi connectivity index (χ3v) is 17.8. The van der Waals surface area contributed by atoms with Crippen LogP contribution in [0.1, 0.15) is 128 Å². The third kappa shape index (κ3) is 23.3. The van der Waals surface area contributed by atoms with Gasteiger partial charge < -0.3 is 62.0 Å². The van der Waals surface area contributed by atoms with Crippen LogP contribution in [0.5, 0.6) is 23.0 Å². The molecule has 8 aromatic carbocycles. The largest absolute Gasteiger partial charge is 1.00 e. The van der Waals surface area contributed by atoms with Gasteiger partial charge in [-0.05, 0) is 203 Å². The first-order valence-electron chi connectivity index (χ1n) is 31.0. The number of phenolic OH excluding ortho intramolecular Hbond substituents is 1. The number of hydrogen-bond acceptors (Lipinski definition) is 12. The first kappa shape index (κ1) is 79.1. The number of alkyl halides is 1. The molecule has 0 bridgehead atoms. The molecule has 3 heterocycles. The van der Waals surface area contributed by atoms with Crippen LogP contribution in [0.15, 0.2) is 194 Å². The van der Waals surface area contributed by atoms with Crippen LogP contribution in [0.25, 0.3) is 0 Å². The Morgan fingerprint density at radius 2 is 0.602 bits per heavy atom. The van der Waals surface area contributed by atoms with Gasteiger partial charge in [-0.3, -0.25) is 0 Å². The summed E-state index contributed by atoms with van der Waals surface area (Å²) in [7, 11) is -2.46. The molecule has 0 spiro atoms. The number of halogens is 2. The molecule has 486 valence electrons. The van der Waals surface area contributed by atoms with Crippen molar-refractivity contribution in [2.75, 3.05) is 0 Å². The Morgan fingerprint density at radius 3 is 0.839 bits per heavy atom. The Balaban J connectivity index is 0.000000216. The third-order valence-electron chi connectivity index (χ3n) is 17.1. The van der Waals surface area contributed by atoms with Gasteiger partial charge >= 0.3 is 97.4 Å². The van der Waals surface area contributed by atoms with E-state index in [-0.39, 0.29) is 134 Å². The van der Waals surface area contributed by atoms with Gasteiger partial charge in [-0.2, -0.15) is 0 Å². The maximum Gasteiger partial charge on any atom is 1.00 e. The van der Waals surface area contributed by atoms with Crippen LogP contribution in [-0.2, 0) is 53.1 Å². The maximum absolute atomic E-state index is 9.22. The quantitative estimate of drug-likeness (QED) is 0.0730. The van der Waals surface area contributed by atoms with Gasteiger partial charge in [0.05, 0.1) is 33.6 Å². The van der Waals surface area contributed by atoms with Gasteiger partial charge in [-0.1, -0.05) is 184 Å². The molecule has 0 radical (unpaired) electrons. The van der Waals surface area contributed by atoms with E-state index in [1.165, 1.54) is 38.9 Å². The fourth-order valence-corrected chi connectivity index (χ4v) is 9.80. The summed E-state index contributed by atoms with van der Waals surface area (Å²) in [6.45, 7) is 34.5. The molecule has 8 aromatic rings. The first-order chi connectivity index (χ1) is 42.8. The molecule has 0 unspecified atom stereocenters. The van der Waals surface area contributed by atoms with E-state index in [9.17, 15) is 5.11 Å². The number of hydrogen-bond donors (Lipinski definition) is 3. The van der Waals surface area contributed by atoms with E-state index in [1.54, 1.807) is 36.4 Å². The average Bonchev–Trinajstić information content (AvgIpc) is 1.65. The van der Waals surface area contributed by atoms with Crippen molar-refractivity contribution in [3.05, 3.63) is 239 Å². The molecule has 0 atom stereocenters. The molecule has 3 N–H and O–H groups in total. The van der Waals surface area contributed by atoms with Crippen LogP contribution in [0.3, 0.4) is 0 Å². The van der Waals surface area contributed by atoms with Crippen molar-refractivity contribution < 1.29 is 131 Å². The van der Waals surface area contributed by atoms with Crippen molar-refractivity contribution in [2.45, 2.75) is 170 Å². The van der Waals surface area contributed by atoms with Gasteiger partial charge in [-0.25, -0.2) is 0 Å². The molecular formula is C74H91B4BrCsFO12. The van der Waals surface area contributed by atoms with E-state index in [0.29, 0.717) is 31.0 Å². The first-order valence-corrected chi connectivity index (χ1v) is 32.1. The Labute approximate surface area is 621 Å². The fraction of sp³-hybridized carbons (Fsp3) is 0.351. The molecule has 3 saturated heterocycles. The topological polar surface area (TPSA) is 144 Å². The summed E-state index contributed by atoms with van der Waals surface area (Å²) in [4.78, 5) is 0. The van der Waals surface area contributed by atoms with E-state index in [2.05, 4.69) is 171 Å². The molecule has 19 heteroatoms. The van der Waals surface area contributed by atoms with Crippen LogP contribution >= 0.6 is 15.9 Å². The SMILES string of the molecule is CC1(C)OB(c2ccc(O)cc2)OC1(C)C.Cc1cccc(CBr)c1.Cc1cccc(COc2ccc(B(O)O)cc2)c1.Cc1cccc(COc2ccc(B3OC(C)(C)C(C)(C)O3)cc2)c1.Cc1cccc(COc2ccc(B3OC(C)(C)C(C)(C)O3)cc2)c1.[Cs+].[F-]. The Kier molecular flexibility index (Phi) is 29.8. The minimum Gasteiger partial charge on any atom is -1.00 e. The van der Waals surface area contributed by atoms with Crippen LogP contribution in [0.4, 0.5) is 0 Å². The smallest absolute Gasteiger partial charge is 1.00 e. The van der Waals surface area contributed by atoms with E-state index >= 15 is 0 Å². The summed E-state index contributed by atoms with van der Waals surface area (Å²) in [5, 5.41) is 28.1. The maximum atomic E-state index is 9.22. The number of phenols is 1. The molecule has 11 rings (SSSR count). The molecule has 3 aliphatic heterocycles.